The highest BCUT2D eigenvalue weighted by atomic mass is 16.7. The molecule has 0 amide bonds. The Morgan fingerprint density at radius 1 is 0.833 bits per heavy atom. The van der Waals surface area contributed by atoms with Gasteiger partial charge in [0.2, 0.25) is 19.6 Å². The lowest BCUT2D eigenvalue weighted by atomic mass is 9.99. The van der Waals surface area contributed by atoms with Gasteiger partial charge in [0, 0.05) is 17.8 Å². The minimum absolute atomic E-state index is 0.189. The maximum absolute atomic E-state index is 11.5. The first-order valence-electron chi connectivity index (χ1n) is 7.59. The summed E-state index contributed by atoms with van der Waals surface area (Å²) in [5.74, 6) is 2.62. The van der Waals surface area contributed by atoms with Crippen molar-refractivity contribution in [3.05, 3.63) is 57.6 Å². The summed E-state index contributed by atoms with van der Waals surface area (Å²) in [5.41, 5.74) is 1.70. The second-order valence-corrected chi connectivity index (χ2v) is 5.72. The summed E-state index contributed by atoms with van der Waals surface area (Å²) in [5, 5.41) is 11.5. The third kappa shape index (κ3) is 2.80. The van der Waals surface area contributed by atoms with Gasteiger partial charge in [-0.1, -0.05) is 12.1 Å². The van der Waals surface area contributed by atoms with E-state index in [1.54, 1.807) is 24.3 Å². The molecular formula is C17H15NO6. The van der Waals surface area contributed by atoms with Gasteiger partial charge in [-0.25, -0.2) is 0 Å². The highest BCUT2D eigenvalue weighted by molar-refractivity contribution is 5.46. The van der Waals surface area contributed by atoms with Crippen LogP contribution in [-0.2, 0) is 12.8 Å². The fourth-order valence-electron chi connectivity index (χ4n) is 2.90. The predicted octanol–water partition coefficient (Wildman–Crippen LogP) is 2.57. The Morgan fingerprint density at radius 2 is 1.29 bits per heavy atom. The number of ether oxygens (including phenoxy) is 4. The van der Waals surface area contributed by atoms with Crippen LogP contribution in [0.25, 0.3) is 0 Å². The lowest BCUT2D eigenvalue weighted by molar-refractivity contribution is -0.521. The van der Waals surface area contributed by atoms with Gasteiger partial charge < -0.3 is 18.9 Å². The molecule has 7 heteroatoms. The van der Waals surface area contributed by atoms with E-state index in [1.807, 2.05) is 12.1 Å². The van der Waals surface area contributed by atoms with Gasteiger partial charge in [0.05, 0.1) is 0 Å². The molecule has 0 saturated carbocycles. The van der Waals surface area contributed by atoms with E-state index in [0.29, 0.717) is 35.8 Å². The molecule has 0 fully saturated rings. The van der Waals surface area contributed by atoms with Crippen LogP contribution in [0.4, 0.5) is 0 Å². The first-order chi connectivity index (χ1) is 11.7. The van der Waals surface area contributed by atoms with Crippen molar-refractivity contribution in [3.8, 4) is 23.0 Å². The maximum Gasteiger partial charge on any atom is 0.231 e. The van der Waals surface area contributed by atoms with Gasteiger partial charge in [-0.05, 0) is 35.4 Å². The summed E-state index contributed by atoms with van der Waals surface area (Å²) >= 11 is 0. The highest BCUT2D eigenvalue weighted by Gasteiger charge is 2.24. The smallest absolute Gasteiger partial charge is 0.231 e. The van der Waals surface area contributed by atoms with E-state index >= 15 is 0 Å². The van der Waals surface area contributed by atoms with Crippen LogP contribution in [0.5, 0.6) is 23.0 Å². The average Bonchev–Trinajstić information content (AvgIpc) is 3.22. The third-order valence-corrected chi connectivity index (χ3v) is 4.11. The van der Waals surface area contributed by atoms with Crippen LogP contribution >= 0.6 is 0 Å². The minimum atomic E-state index is -0.731. The van der Waals surface area contributed by atoms with Gasteiger partial charge >= 0.3 is 0 Å². The van der Waals surface area contributed by atoms with E-state index in [0.717, 1.165) is 11.1 Å². The zero-order valence-electron chi connectivity index (χ0n) is 12.8. The molecule has 0 atom stereocenters. The van der Waals surface area contributed by atoms with E-state index in [1.165, 1.54) is 0 Å². The van der Waals surface area contributed by atoms with Gasteiger partial charge in [0.25, 0.3) is 0 Å². The summed E-state index contributed by atoms with van der Waals surface area (Å²) in [6, 6.07) is 10.1. The molecule has 2 aliphatic rings. The number of fused-ring (bicyclic) bond motifs is 2. The molecule has 7 nitrogen and oxygen atoms in total. The predicted molar refractivity (Wildman–Crippen MR) is 83.3 cm³/mol. The van der Waals surface area contributed by atoms with E-state index in [-0.39, 0.29) is 18.5 Å². The summed E-state index contributed by atoms with van der Waals surface area (Å²) in [4.78, 5) is 11.2. The van der Waals surface area contributed by atoms with Crippen LogP contribution in [0.3, 0.4) is 0 Å². The van der Waals surface area contributed by atoms with Gasteiger partial charge in [0.15, 0.2) is 23.0 Å². The van der Waals surface area contributed by atoms with Crippen LogP contribution in [0.15, 0.2) is 36.4 Å². The monoisotopic (exact) mass is 329 g/mol. The number of rotatable bonds is 5. The maximum atomic E-state index is 11.5. The van der Waals surface area contributed by atoms with Gasteiger partial charge in [-0.3, -0.25) is 10.1 Å². The molecular weight excluding hydrogens is 314 g/mol. The summed E-state index contributed by atoms with van der Waals surface area (Å²) < 4.78 is 21.2. The van der Waals surface area contributed by atoms with Crippen LogP contribution in [-0.4, -0.2) is 24.6 Å². The molecule has 0 N–H and O–H groups in total. The topological polar surface area (TPSA) is 80.1 Å². The van der Waals surface area contributed by atoms with E-state index < -0.39 is 6.04 Å². The molecule has 0 saturated heterocycles. The van der Waals surface area contributed by atoms with Crippen molar-refractivity contribution in [1.82, 2.24) is 0 Å². The molecule has 0 aromatic heterocycles. The molecule has 2 heterocycles. The molecule has 2 aliphatic heterocycles. The average molecular weight is 329 g/mol. The quantitative estimate of drug-likeness (QED) is 0.619. The van der Waals surface area contributed by atoms with Crippen molar-refractivity contribution in [2.75, 3.05) is 13.6 Å². The zero-order chi connectivity index (χ0) is 16.5. The summed E-state index contributed by atoms with van der Waals surface area (Å²) in [6.07, 6.45) is 0.635. The molecule has 4 rings (SSSR count). The molecule has 124 valence electrons. The standard InChI is InChI=1S/C17H15NO6/c19-18(20)13(5-11-1-3-14-16(7-11)23-9-21-14)6-12-2-4-15-17(8-12)24-10-22-15/h1-4,7-8,13H,5-6,9-10H2. The Balaban J connectivity index is 1.51. The Labute approximate surface area is 137 Å². The van der Waals surface area contributed by atoms with E-state index in [9.17, 15) is 10.1 Å². The van der Waals surface area contributed by atoms with Crippen molar-refractivity contribution in [3.63, 3.8) is 0 Å². The second kappa shape index (κ2) is 5.92. The largest absolute Gasteiger partial charge is 0.454 e. The number of hydrogen-bond acceptors (Lipinski definition) is 6. The molecule has 0 spiro atoms. The normalized spacial score (nSPS) is 14.2. The number of benzene rings is 2. The molecule has 2 aromatic rings. The molecule has 0 unspecified atom stereocenters. The SMILES string of the molecule is O=[N+]([O-])C(Cc1ccc2c(c1)OCO2)Cc1ccc2c(c1)OCO2. The molecule has 0 radical (unpaired) electrons. The Bertz CT molecular complexity index is 731. The molecule has 2 aromatic carbocycles. The van der Waals surface area contributed by atoms with Crippen molar-refractivity contribution < 1.29 is 23.9 Å². The van der Waals surface area contributed by atoms with Gasteiger partial charge in [-0.2, -0.15) is 0 Å². The molecule has 0 bridgehead atoms. The van der Waals surface area contributed by atoms with Crippen molar-refractivity contribution in [2.45, 2.75) is 18.9 Å². The lowest BCUT2D eigenvalue weighted by Gasteiger charge is -2.11. The lowest BCUT2D eigenvalue weighted by Crippen LogP contribution is -2.24. The summed E-state index contributed by atoms with van der Waals surface area (Å²) in [6.45, 7) is 0.378. The second-order valence-electron chi connectivity index (χ2n) is 5.72. The van der Waals surface area contributed by atoms with Crippen LogP contribution in [0.2, 0.25) is 0 Å². The van der Waals surface area contributed by atoms with Crippen LogP contribution in [0, 0.1) is 10.1 Å². The van der Waals surface area contributed by atoms with Gasteiger partial charge in [0.1, 0.15) is 0 Å². The zero-order valence-corrected chi connectivity index (χ0v) is 12.8. The van der Waals surface area contributed by atoms with Crippen LogP contribution in [0.1, 0.15) is 11.1 Å². The third-order valence-electron chi connectivity index (χ3n) is 4.11. The number of hydrogen-bond donors (Lipinski definition) is 0. The number of nitrogens with zero attached hydrogens (tertiary/aromatic N) is 1. The minimum Gasteiger partial charge on any atom is -0.454 e. The van der Waals surface area contributed by atoms with Gasteiger partial charge in [-0.15, -0.1) is 0 Å². The first-order valence-corrected chi connectivity index (χ1v) is 7.59. The number of nitro groups is 1. The first kappa shape index (κ1) is 14.6. The van der Waals surface area contributed by atoms with Crippen LogP contribution < -0.4 is 18.9 Å². The fourth-order valence-corrected chi connectivity index (χ4v) is 2.90. The fraction of sp³-hybridized carbons (Fsp3) is 0.294. The Kier molecular flexibility index (Phi) is 3.60. The van der Waals surface area contributed by atoms with Crippen molar-refractivity contribution in [1.29, 1.82) is 0 Å². The van der Waals surface area contributed by atoms with E-state index in [2.05, 4.69) is 0 Å². The molecule has 24 heavy (non-hydrogen) atoms. The van der Waals surface area contributed by atoms with Crippen molar-refractivity contribution in [2.24, 2.45) is 0 Å². The van der Waals surface area contributed by atoms with Crippen molar-refractivity contribution >= 4 is 0 Å². The Morgan fingerprint density at radius 3 is 1.75 bits per heavy atom. The molecule has 0 aliphatic carbocycles. The highest BCUT2D eigenvalue weighted by Crippen LogP contribution is 2.34. The summed E-state index contributed by atoms with van der Waals surface area (Å²) in [7, 11) is 0. The Hall–Kier alpha value is -2.96. The van der Waals surface area contributed by atoms with E-state index in [4.69, 9.17) is 18.9 Å².